The van der Waals surface area contributed by atoms with E-state index in [1.54, 1.807) is 24.3 Å². The zero-order valence-corrected chi connectivity index (χ0v) is 10.8. The lowest BCUT2D eigenvalue weighted by Crippen LogP contribution is -2.30. The molecule has 1 amide bonds. The van der Waals surface area contributed by atoms with E-state index in [1.807, 2.05) is 10.8 Å². The molecular formula is C13H12N2O3S. The molecule has 2 aromatic heterocycles. The number of rotatable bonds is 5. The Hall–Kier alpha value is -2.21. The summed E-state index contributed by atoms with van der Waals surface area (Å²) in [4.78, 5) is 26.8. The molecule has 0 radical (unpaired) electrons. The Morgan fingerprint density at radius 1 is 1.37 bits per heavy atom. The van der Waals surface area contributed by atoms with Gasteiger partial charge in [0.1, 0.15) is 5.69 Å². The molecule has 2 aromatic rings. The van der Waals surface area contributed by atoms with Gasteiger partial charge in [-0.2, -0.15) is 11.3 Å². The third-order valence-corrected chi connectivity index (χ3v) is 3.23. The maximum Gasteiger partial charge on any atom is 0.305 e. The highest BCUT2D eigenvalue weighted by Crippen LogP contribution is 2.20. The first-order valence-corrected chi connectivity index (χ1v) is 6.57. The van der Waals surface area contributed by atoms with Gasteiger partial charge in [-0.15, -0.1) is 0 Å². The van der Waals surface area contributed by atoms with Crippen LogP contribution in [0.2, 0.25) is 0 Å². The number of thiophene rings is 1. The molecule has 0 saturated carbocycles. The van der Waals surface area contributed by atoms with Gasteiger partial charge in [-0.1, -0.05) is 6.07 Å². The highest BCUT2D eigenvalue weighted by molar-refractivity contribution is 7.08. The topological polar surface area (TPSA) is 79.3 Å². The van der Waals surface area contributed by atoms with Gasteiger partial charge in [-0.3, -0.25) is 14.6 Å². The lowest BCUT2D eigenvalue weighted by Gasteiger charge is -2.15. The quantitative estimate of drug-likeness (QED) is 0.876. The second-order valence-electron chi connectivity index (χ2n) is 3.90. The number of nitrogens with one attached hydrogen (secondary N) is 1. The third kappa shape index (κ3) is 3.62. The van der Waals surface area contributed by atoms with E-state index in [1.165, 1.54) is 17.5 Å². The predicted octanol–water partition coefficient (Wildman–Crippen LogP) is 2.09. The number of carbonyl (C=O) groups excluding carboxylic acids is 1. The van der Waals surface area contributed by atoms with E-state index in [9.17, 15) is 9.59 Å². The number of carboxylic acids is 1. The first-order valence-electron chi connectivity index (χ1n) is 5.62. The molecule has 0 aliphatic heterocycles. The van der Waals surface area contributed by atoms with Crippen LogP contribution < -0.4 is 5.32 Å². The number of amides is 1. The molecule has 0 bridgehead atoms. The highest BCUT2D eigenvalue weighted by Gasteiger charge is 2.19. The van der Waals surface area contributed by atoms with Crippen molar-refractivity contribution < 1.29 is 14.7 Å². The SMILES string of the molecule is O=C(O)CC(NC(=O)c1ccccn1)c1ccsc1. The number of pyridine rings is 1. The van der Waals surface area contributed by atoms with Crippen molar-refractivity contribution in [2.75, 3.05) is 0 Å². The lowest BCUT2D eigenvalue weighted by atomic mass is 10.1. The van der Waals surface area contributed by atoms with Gasteiger partial charge in [0.05, 0.1) is 12.5 Å². The minimum atomic E-state index is -0.961. The van der Waals surface area contributed by atoms with Crippen LogP contribution >= 0.6 is 11.3 Å². The second kappa shape index (κ2) is 6.10. The van der Waals surface area contributed by atoms with Crippen molar-refractivity contribution in [3.8, 4) is 0 Å². The number of aliphatic carboxylic acids is 1. The van der Waals surface area contributed by atoms with Gasteiger partial charge in [0.2, 0.25) is 0 Å². The highest BCUT2D eigenvalue weighted by atomic mass is 32.1. The van der Waals surface area contributed by atoms with E-state index < -0.39 is 12.0 Å². The van der Waals surface area contributed by atoms with Crippen LogP contribution in [0.5, 0.6) is 0 Å². The largest absolute Gasteiger partial charge is 0.481 e. The Labute approximate surface area is 113 Å². The van der Waals surface area contributed by atoms with Gasteiger partial charge in [-0.05, 0) is 34.5 Å². The summed E-state index contributed by atoms with van der Waals surface area (Å²) < 4.78 is 0. The van der Waals surface area contributed by atoms with Crippen LogP contribution in [0.4, 0.5) is 0 Å². The van der Waals surface area contributed by atoms with Crippen molar-refractivity contribution in [3.05, 3.63) is 52.5 Å². The molecule has 1 atom stereocenters. The molecule has 19 heavy (non-hydrogen) atoms. The van der Waals surface area contributed by atoms with E-state index in [4.69, 9.17) is 5.11 Å². The Morgan fingerprint density at radius 2 is 2.21 bits per heavy atom. The number of hydrogen-bond acceptors (Lipinski definition) is 4. The number of carbonyl (C=O) groups is 2. The molecule has 1 unspecified atom stereocenters. The Morgan fingerprint density at radius 3 is 2.79 bits per heavy atom. The van der Waals surface area contributed by atoms with Crippen molar-refractivity contribution >= 4 is 23.2 Å². The minimum absolute atomic E-state index is 0.157. The Kier molecular flexibility index (Phi) is 4.25. The smallest absolute Gasteiger partial charge is 0.305 e. The molecule has 2 rings (SSSR count). The third-order valence-electron chi connectivity index (χ3n) is 2.53. The summed E-state index contributed by atoms with van der Waals surface area (Å²) in [6, 6.07) is 6.26. The molecule has 0 fully saturated rings. The van der Waals surface area contributed by atoms with Crippen LogP contribution in [0.25, 0.3) is 0 Å². The predicted molar refractivity (Wildman–Crippen MR) is 71.0 cm³/mol. The van der Waals surface area contributed by atoms with E-state index in [2.05, 4.69) is 10.3 Å². The van der Waals surface area contributed by atoms with Crippen LogP contribution in [0.15, 0.2) is 41.2 Å². The summed E-state index contributed by atoms with van der Waals surface area (Å²) in [5, 5.41) is 15.3. The van der Waals surface area contributed by atoms with Crippen LogP contribution in [-0.4, -0.2) is 22.0 Å². The van der Waals surface area contributed by atoms with E-state index >= 15 is 0 Å². The van der Waals surface area contributed by atoms with Crippen LogP contribution in [0.1, 0.15) is 28.5 Å². The summed E-state index contributed by atoms with van der Waals surface area (Å²) in [5.41, 5.74) is 1.06. The maximum atomic E-state index is 12.0. The molecule has 2 heterocycles. The number of nitrogens with zero attached hydrogens (tertiary/aromatic N) is 1. The average Bonchev–Trinajstić information content (AvgIpc) is 2.92. The Bertz CT molecular complexity index is 555. The zero-order chi connectivity index (χ0) is 13.7. The number of carboxylic acid groups (broad SMARTS) is 1. The van der Waals surface area contributed by atoms with Crippen LogP contribution in [-0.2, 0) is 4.79 Å². The second-order valence-corrected chi connectivity index (χ2v) is 4.68. The van der Waals surface area contributed by atoms with Gasteiger partial charge in [-0.25, -0.2) is 0 Å². The molecular weight excluding hydrogens is 264 g/mol. The van der Waals surface area contributed by atoms with Crippen molar-refractivity contribution in [1.29, 1.82) is 0 Å². The van der Waals surface area contributed by atoms with Crippen molar-refractivity contribution in [2.24, 2.45) is 0 Å². The maximum absolute atomic E-state index is 12.0. The van der Waals surface area contributed by atoms with Crippen LogP contribution in [0.3, 0.4) is 0 Å². The lowest BCUT2D eigenvalue weighted by molar-refractivity contribution is -0.137. The van der Waals surface area contributed by atoms with Crippen molar-refractivity contribution in [2.45, 2.75) is 12.5 Å². The van der Waals surface area contributed by atoms with Crippen molar-refractivity contribution in [1.82, 2.24) is 10.3 Å². The molecule has 98 valence electrons. The van der Waals surface area contributed by atoms with E-state index in [-0.39, 0.29) is 18.0 Å². The standard InChI is InChI=1S/C13H12N2O3S/c16-12(17)7-11(9-4-6-19-8-9)15-13(18)10-3-1-2-5-14-10/h1-6,8,11H,7H2,(H,15,18)(H,16,17). The molecule has 0 saturated heterocycles. The van der Waals surface area contributed by atoms with E-state index in [0.29, 0.717) is 0 Å². The molecule has 0 aromatic carbocycles. The molecule has 6 heteroatoms. The van der Waals surface area contributed by atoms with Crippen LogP contribution in [0, 0.1) is 0 Å². The fraction of sp³-hybridized carbons (Fsp3) is 0.154. The first-order chi connectivity index (χ1) is 9.16. The number of aromatic nitrogens is 1. The summed E-state index contributed by atoms with van der Waals surface area (Å²) in [7, 11) is 0. The molecule has 5 nitrogen and oxygen atoms in total. The monoisotopic (exact) mass is 276 g/mol. The summed E-state index contributed by atoms with van der Waals surface area (Å²) in [6.07, 6.45) is 1.36. The molecule has 2 N–H and O–H groups in total. The molecule has 0 aliphatic rings. The molecule has 0 aliphatic carbocycles. The van der Waals surface area contributed by atoms with Gasteiger partial charge in [0.15, 0.2) is 0 Å². The normalized spacial score (nSPS) is 11.8. The van der Waals surface area contributed by atoms with Crippen molar-refractivity contribution in [3.63, 3.8) is 0 Å². The molecule has 0 spiro atoms. The van der Waals surface area contributed by atoms with Gasteiger partial charge < -0.3 is 10.4 Å². The van der Waals surface area contributed by atoms with Gasteiger partial charge in [0, 0.05) is 6.20 Å². The summed E-state index contributed by atoms with van der Waals surface area (Å²) >= 11 is 1.46. The fourth-order valence-corrected chi connectivity index (χ4v) is 2.34. The minimum Gasteiger partial charge on any atom is -0.481 e. The fourth-order valence-electron chi connectivity index (χ4n) is 1.63. The summed E-state index contributed by atoms with van der Waals surface area (Å²) in [6.45, 7) is 0. The summed E-state index contributed by atoms with van der Waals surface area (Å²) in [5.74, 6) is -1.34. The van der Waals surface area contributed by atoms with E-state index in [0.717, 1.165) is 5.56 Å². The number of hydrogen-bond donors (Lipinski definition) is 2. The van der Waals surface area contributed by atoms with Gasteiger partial charge >= 0.3 is 5.97 Å². The average molecular weight is 276 g/mol. The first kappa shape index (κ1) is 13.2. The van der Waals surface area contributed by atoms with Gasteiger partial charge in [0.25, 0.3) is 5.91 Å². The zero-order valence-electron chi connectivity index (χ0n) is 9.95. The Balaban J connectivity index is 2.12.